The molecule has 0 fully saturated rings. The number of nitrogens with one attached hydrogen (secondary N) is 1. The van der Waals surface area contributed by atoms with Gasteiger partial charge in [-0.25, -0.2) is 8.42 Å². The van der Waals surface area contributed by atoms with Crippen LogP contribution >= 0.6 is 0 Å². The van der Waals surface area contributed by atoms with Crippen molar-refractivity contribution in [2.24, 2.45) is 0 Å². The van der Waals surface area contributed by atoms with Crippen LogP contribution in [0.1, 0.15) is 43.4 Å². The van der Waals surface area contributed by atoms with Crippen LogP contribution in [0.25, 0.3) is 0 Å². The Morgan fingerprint density at radius 3 is 2.17 bits per heavy atom. The summed E-state index contributed by atoms with van der Waals surface area (Å²) in [7, 11) is -1.95. The molecule has 0 aromatic heterocycles. The van der Waals surface area contributed by atoms with Crippen molar-refractivity contribution < 1.29 is 22.7 Å². The van der Waals surface area contributed by atoms with Gasteiger partial charge in [-0.1, -0.05) is 18.2 Å². The van der Waals surface area contributed by atoms with Crippen LogP contribution in [0.3, 0.4) is 0 Å². The number of benzene rings is 2. The lowest BCUT2D eigenvalue weighted by Gasteiger charge is -2.29. The van der Waals surface area contributed by atoms with Crippen molar-refractivity contribution in [1.82, 2.24) is 10.2 Å². The average Bonchev–Trinajstić information content (AvgIpc) is 2.78. The highest BCUT2D eigenvalue weighted by molar-refractivity contribution is 7.92. The summed E-state index contributed by atoms with van der Waals surface area (Å²) in [4.78, 5) is 27.3. The molecular weight excluding hydrogens is 466 g/mol. The highest BCUT2D eigenvalue weighted by Gasteiger charge is 2.26. The Balaban J connectivity index is 2.18. The number of aryl methyl sites for hydroxylation is 2. The van der Waals surface area contributed by atoms with Gasteiger partial charge in [0, 0.05) is 26.1 Å². The number of likely N-dealkylation sites (N-methyl/N-ethyl adjacent to an activating group) is 1. The van der Waals surface area contributed by atoms with Gasteiger partial charge in [-0.05, 0) is 75.1 Å². The molecule has 35 heavy (non-hydrogen) atoms. The van der Waals surface area contributed by atoms with Crippen molar-refractivity contribution in [2.75, 3.05) is 30.8 Å². The first-order valence-electron chi connectivity index (χ1n) is 11.7. The van der Waals surface area contributed by atoms with Crippen LogP contribution in [0.5, 0.6) is 5.75 Å². The highest BCUT2D eigenvalue weighted by Crippen LogP contribution is 2.22. The monoisotopic (exact) mass is 503 g/mol. The zero-order valence-electron chi connectivity index (χ0n) is 21.5. The highest BCUT2D eigenvalue weighted by atomic mass is 32.2. The lowest BCUT2D eigenvalue weighted by molar-refractivity contribution is -0.140. The van der Waals surface area contributed by atoms with E-state index in [0.29, 0.717) is 24.4 Å². The fourth-order valence-corrected chi connectivity index (χ4v) is 4.88. The quantitative estimate of drug-likeness (QED) is 0.479. The Bertz CT molecular complexity index is 1100. The molecule has 0 spiro atoms. The third-order valence-electron chi connectivity index (χ3n) is 5.68. The molecule has 0 heterocycles. The Morgan fingerprint density at radius 1 is 1.06 bits per heavy atom. The number of ether oxygens (including phenoxy) is 1. The summed E-state index contributed by atoms with van der Waals surface area (Å²) in [6.07, 6.45) is 1.59. The first-order chi connectivity index (χ1) is 16.5. The molecule has 2 aromatic carbocycles. The molecule has 0 saturated carbocycles. The normalized spacial score (nSPS) is 12.1. The van der Waals surface area contributed by atoms with Gasteiger partial charge in [0.25, 0.3) is 0 Å². The molecule has 0 bridgehead atoms. The maximum atomic E-state index is 13.3. The molecule has 8 nitrogen and oxygen atoms in total. The van der Waals surface area contributed by atoms with Crippen LogP contribution in [-0.2, 0) is 26.2 Å². The summed E-state index contributed by atoms with van der Waals surface area (Å²) in [6.45, 7) is 8.25. The van der Waals surface area contributed by atoms with Gasteiger partial charge in [-0.15, -0.1) is 0 Å². The van der Waals surface area contributed by atoms with E-state index in [2.05, 4.69) is 5.32 Å². The first kappa shape index (κ1) is 28.2. The molecule has 2 aromatic rings. The number of carbonyl (C=O) groups is 2. The van der Waals surface area contributed by atoms with Crippen molar-refractivity contribution in [3.8, 4) is 5.75 Å². The molecule has 1 atom stereocenters. The van der Waals surface area contributed by atoms with Gasteiger partial charge in [0.2, 0.25) is 21.8 Å². The second-order valence-corrected chi connectivity index (χ2v) is 10.6. The van der Waals surface area contributed by atoms with Crippen LogP contribution in [-0.4, -0.2) is 57.6 Å². The van der Waals surface area contributed by atoms with Crippen molar-refractivity contribution in [3.05, 3.63) is 59.2 Å². The van der Waals surface area contributed by atoms with Crippen LogP contribution in [0, 0.1) is 13.8 Å². The Kier molecular flexibility index (Phi) is 10.1. The Labute approximate surface area is 209 Å². The van der Waals surface area contributed by atoms with E-state index in [1.165, 1.54) is 15.5 Å². The van der Waals surface area contributed by atoms with E-state index in [0.717, 1.165) is 16.7 Å². The number of rotatable bonds is 12. The number of hydrogen-bond acceptors (Lipinski definition) is 5. The molecule has 192 valence electrons. The van der Waals surface area contributed by atoms with Gasteiger partial charge < -0.3 is 15.0 Å². The summed E-state index contributed by atoms with van der Waals surface area (Å²) >= 11 is 0. The predicted octanol–water partition coefficient (Wildman–Crippen LogP) is 3.41. The number of nitrogens with zero attached hydrogens (tertiary/aromatic N) is 2. The van der Waals surface area contributed by atoms with E-state index in [1.807, 2.05) is 63.2 Å². The number of sulfonamides is 1. The smallest absolute Gasteiger partial charge is 0.242 e. The topological polar surface area (TPSA) is 96.0 Å². The fourth-order valence-electron chi connectivity index (χ4n) is 3.93. The predicted molar refractivity (Wildman–Crippen MR) is 139 cm³/mol. The minimum Gasteiger partial charge on any atom is -0.497 e. The minimum absolute atomic E-state index is 0.108. The molecule has 0 radical (unpaired) electrons. The summed E-state index contributed by atoms with van der Waals surface area (Å²) in [5.74, 6) is 0.256. The van der Waals surface area contributed by atoms with Crippen molar-refractivity contribution in [2.45, 2.75) is 53.1 Å². The Morgan fingerprint density at radius 2 is 1.66 bits per heavy atom. The number of anilines is 1. The maximum Gasteiger partial charge on any atom is 0.242 e. The molecule has 0 saturated heterocycles. The third kappa shape index (κ3) is 8.28. The molecule has 2 rings (SSSR count). The zero-order chi connectivity index (χ0) is 26.2. The number of hydrogen-bond donors (Lipinski definition) is 1. The zero-order valence-corrected chi connectivity index (χ0v) is 22.3. The van der Waals surface area contributed by atoms with Crippen molar-refractivity contribution in [3.63, 3.8) is 0 Å². The summed E-state index contributed by atoms with van der Waals surface area (Å²) in [5, 5.41) is 2.77. The van der Waals surface area contributed by atoms with E-state index < -0.39 is 16.1 Å². The molecule has 0 aliphatic carbocycles. The molecule has 0 unspecified atom stereocenters. The van der Waals surface area contributed by atoms with Gasteiger partial charge in [-0.3, -0.25) is 13.9 Å². The maximum absolute atomic E-state index is 13.3. The summed E-state index contributed by atoms with van der Waals surface area (Å²) in [6, 6.07) is 12.3. The molecule has 0 aliphatic heterocycles. The average molecular weight is 504 g/mol. The van der Waals surface area contributed by atoms with Crippen LogP contribution in [0.15, 0.2) is 42.5 Å². The van der Waals surface area contributed by atoms with Gasteiger partial charge in [-0.2, -0.15) is 0 Å². The second kappa shape index (κ2) is 12.6. The summed E-state index contributed by atoms with van der Waals surface area (Å²) in [5.41, 5.74) is 3.38. The van der Waals surface area contributed by atoms with E-state index in [-0.39, 0.29) is 31.3 Å². The van der Waals surface area contributed by atoms with E-state index in [1.54, 1.807) is 14.0 Å². The van der Waals surface area contributed by atoms with Crippen LogP contribution in [0.2, 0.25) is 0 Å². The molecule has 9 heteroatoms. The standard InChI is InChI=1S/C26H37N3O5S/c1-7-27-26(31)21(4)28(18-22-10-12-24(34-5)13-11-22)25(30)9-8-14-29(35(6,32)33)23-16-19(2)15-20(3)17-23/h10-13,15-17,21H,7-9,14,18H2,1-6H3,(H,27,31)/t21-/m1/s1. The lowest BCUT2D eigenvalue weighted by Crippen LogP contribution is -2.47. The van der Waals surface area contributed by atoms with Gasteiger partial charge in [0.15, 0.2) is 0 Å². The lowest BCUT2D eigenvalue weighted by atomic mass is 10.1. The second-order valence-electron chi connectivity index (χ2n) is 8.72. The fraction of sp³-hybridized carbons (Fsp3) is 0.462. The first-order valence-corrected chi connectivity index (χ1v) is 13.6. The molecule has 0 aliphatic rings. The van der Waals surface area contributed by atoms with E-state index in [4.69, 9.17) is 4.74 Å². The van der Waals surface area contributed by atoms with Gasteiger partial charge in [0.05, 0.1) is 19.1 Å². The SMILES string of the molecule is CCNC(=O)[C@@H](C)N(Cc1ccc(OC)cc1)C(=O)CCCN(c1cc(C)cc(C)c1)S(C)(=O)=O. The van der Waals surface area contributed by atoms with Gasteiger partial charge in [0.1, 0.15) is 11.8 Å². The van der Waals surface area contributed by atoms with Gasteiger partial charge >= 0.3 is 0 Å². The molecule has 2 amide bonds. The third-order valence-corrected chi connectivity index (χ3v) is 6.87. The number of carbonyl (C=O) groups excluding carboxylic acids is 2. The van der Waals surface area contributed by atoms with Crippen LogP contribution in [0.4, 0.5) is 5.69 Å². The van der Waals surface area contributed by atoms with E-state index >= 15 is 0 Å². The molecule has 1 N–H and O–H groups in total. The molecular formula is C26H37N3O5S. The minimum atomic E-state index is -3.53. The summed E-state index contributed by atoms with van der Waals surface area (Å²) < 4.78 is 31.5. The van der Waals surface area contributed by atoms with Crippen molar-refractivity contribution in [1.29, 1.82) is 0 Å². The largest absolute Gasteiger partial charge is 0.497 e. The van der Waals surface area contributed by atoms with Crippen LogP contribution < -0.4 is 14.4 Å². The Hall–Kier alpha value is -3.07. The van der Waals surface area contributed by atoms with E-state index in [9.17, 15) is 18.0 Å². The van der Waals surface area contributed by atoms with Crippen molar-refractivity contribution >= 4 is 27.5 Å². The number of amides is 2. The number of methoxy groups -OCH3 is 1.